The van der Waals surface area contributed by atoms with E-state index in [2.05, 4.69) is 0 Å². The van der Waals surface area contributed by atoms with E-state index in [-0.39, 0.29) is 5.69 Å². The number of nitrogens with one attached hydrogen (secondary N) is 1. The molecule has 0 aliphatic carbocycles. The third-order valence-electron chi connectivity index (χ3n) is 1.25. The summed E-state index contributed by atoms with van der Waals surface area (Å²) in [5.41, 5.74) is 0.488. The summed E-state index contributed by atoms with van der Waals surface area (Å²) in [4.78, 5) is 10.1. The maximum atomic E-state index is 10.3. The van der Waals surface area contributed by atoms with Crippen LogP contribution >= 0.6 is 0 Å². The average molecular weight is 200 g/mol. The normalized spacial score (nSPS) is 10.8. The van der Waals surface area contributed by atoms with Crippen molar-refractivity contribution in [2.24, 2.45) is 0 Å². The SMILES string of the molecule is O=[C]c1ccc(NS(=O)(=O)O)cc1. The van der Waals surface area contributed by atoms with Gasteiger partial charge >= 0.3 is 10.3 Å². The third kappa shape index (κ3) is 3.22. The number of carbonyl (C=O) groups excluding carboxylic acids is 1. The van der Waals surface area contributed by atoms with Crippen molar-refractivity contribution >= 4 is 22.3 Å². The summed E-state index contributed by atoms with van der Waals surface area (Å²) in [6, 6.07) is 5.43. The van der Waals surface area contributed by atoms with Gasteiger partial charge in [-0.3, -0.25) is 14.1 Å². The highest BCUT2D eigenvalue weighted by Crippen LogP contribution is 2.08. The van der Waals surface area contributed by atoms with Gasteiger partial charge in [-0.15, -0.1) is 0 Å². The lowest BCUT2D eigenvalue weighted by atomic mass is 10.2. The highest BCUT2D eigenvalue weighted by molar-refractivity contribution is 7.87. The Kier molecular flexibility index (Phi) is 2.64. The minimum absolute atomic E-state index is 0.182. The van der Waals surface area contributed by atoms with E-state index in [4.69, 9.17) is 4.55 Å². The molecule has 6 heteroatoms. The molecule has 0 amide bonds. The Bertz CT molecular complexity index is 395. The van der Waals surface area contributed by atoms with Crippen molar-refractivity contribution in [1.82, 2.24) is 0 Å². The fourth-order valence-corrected chi connectivity index (χ4v) is 1.19. The molecule has 0 aromatic heterocycles. The quantitative estimate of drug-likeness (QED) is 0.690. The lowest BCUT2D eigenvalue weighted by Gasteiger charge is -2.00. The molecule has 0 saturated carbocycles. The molecule has 2 N–H and O–H groups in total. The second-order valence-electron chi connectivity index (χ2n) is 2.26. The van der Waals surface area contributed by atoms with Crippen LogP contribution in [0.3, 0.4) is 0 Å². The third-order valence-corrected chi connectivity index (χ3v) is 1.74. The van der Waals surface area contributed by atoms with Gasteiger partial charge in [0.05, 0.1) is 5.69 Å². The van der Waals surface area contributed by atoms with E-state index in [0.717, 1.165) is 0 Å². The van der Waals surface area contributed by atoms with Crippen LogP contribution in [0.4, 0.5) is 5.69 Å². The van der Waals surface area contributed by atoms with Crippen molar-refractivity contribution in [1.29, 1.82) is 0 Å². The fourth-order valence-electron chi connectivity index (χ4n) is 0.755. The summed E-state index contributed by atoms with van der Waals surface area (Å²) in [7, 11) is -4.25. The largest absolute Gasteiger partial charge is 0.357 e. The Morgan fingerprint density at radius 3 is 2.15 bits per heavy atom. The van der Waals surface area contributed by atoms with Crippen LogP contribution in [0.2, 0.25) is 0 Å². The van der Waals surface area contributed by atoms with Crippen LogP contribution in [0.25, 0.3) is 0 Å². The minimum Gasteiger partial charge on any atom is -0.285 e. The first-order valence-corrected chi connectivity index (χ1v) is 4.69. The molecule has 0 aliphatic heterocycles. The van der Waals surface area contributed by atoms with E-state index >= 15 is 0 Å². The predicted molar refractivity (Wildman–Crippen MR) is 46.4 cm³/mol. The fraction of sp³-hybridized carbons (Fsp3) is 0. The molecule has 1 aromatic carbocycles. The molecule has 0 spiro atoms. The van der Waals surface area contributed by atoms with Crippen molar-refractivity contribution < 1.29 is 17.8 Å². The molecule has 1 radical (unpaired) electrons. The maximum absolute atomic E-state index is 10.3. The van der Waals surface area contributed by atoms with Gasteiger partial charge in [-0.2, -0.15) is 8.42 Å². The summed E-state index contributed by atoms with van der Waals surface area (Å²) in [6.45, 7) is 0. The molecule has 0 aliphatic rings. The summed E-state index contributed by atoms with van der Waals surface area (Å²) in [5.74, 6) is 0. The standard InChI is InChI=1S/C7H6NO4S/c9-5-6-1-3-7(4-2-6)8-13(10,11)12/h1-4,8H,(H,10,11,12). The van der Waals surface area contributed by atoms with Crippen LogP contribution in [-0.4, -0.2) is 19.3 Å². The van der Waals surface area contributed by atoms with Crippen LogP contribution in [0.15, 0.2) is 24.3 Å². The van der Waals surface area contributed by atoms with E-state index < -0.39 is 10.3 Å². The smallest absolute Gasteiger partial charge is 0.285 e. The molecule has 0 atom stereocenters. The van der Waals surface area contributed by atoms with Crippen molar-refractivity contribution in [3.05, 3.63) is 29.8 Å². The van der Waals surface area contributed by atoms with Gasteiger partial charge in [0.2, 0.25) is 6.29 Å². The molecule has 13 heavy (non-hydrogen) atoms. The van der Waals surface area contributed by atoms with E-state index in [1.165, 1.54) is 24.3 Å². The Hall–Kier alpha value is -1.40. The monoisotopic (exact) mass is 200 g/mol. The molecule has 0 unspecified atom stereocenters. The first-order valence-electron chi connectivity index (χ1n) is 3.25. The zero-order chi connectivity index (χ0) is 9.90. The van der Waals surface area contributed by atoms with Crippen molar-refractivity contribution in [2.45, 2.75) is 0 Å². The molecule has 0 fully saturated rings. The molecule has 69 valence electrons. The molecular formula is C7H6NO4S. The molecule has 0 saturated heterocycles. The molecular weight excluding hydrogens is 194 g/mol. The Morgan fingerprint density at radius 1 is 1.23 bits per heavy atom. The number of benzene rings is 1. The zero-order valence-electron chi connectivity index (χ0n) is 6.39. The van der Waals surface area contributed by atoms with Crippen LogP contribution in [0, 0.1) is 0 Å². The summed E-state index contributed by atoms with van der Waals surface area (Å²) >= 11 is 0. The highest BCUT2D eigenvalue weighted by atomic mass is 32.2. The second kappa shape index (κ2) is 3.55. The Morgan fingerprint density at radius 2 is 1.77 bits per heavy atom. The molecule has 1 aromatic rings. The van der Waals surface area contributed by atoms with Gasteiger partial charge in [-0.05, 0) is 24.3 Å². The number of hydrogen-bond donors (Lipinski definition) is 2. The van der Waals surface area contributed by atoms with Crippen molar-refractivity contribution in [2.75, 3.05) is 4.72 Å². The first-order chi connectivity index (χ1) is 6.01. The van der Waals surface area contributed by atoms with E-state index in [0.29, 0.717) is 5.56 Å². The first kappa shape index (κ1) is 9.69. The molecule has 5 nitrogen and oxygen atoms in total. The lowest BCUT2D eigenvalue weighted by molar-refractivity contribution is 0.489. The van der Waals surface area contributed by atoms with Crippen LogP contribution in [-0.2, 0) is 15.1 Å². The van der Waals surface area contributed by atoms with Crippen LogP contribution in [0.5, 0.6) is 0 Å². The van der Waals surface area contributed by atoms with Gasteiger partial charge in [0.25, 0.3) is 0 Å². The molecule has 1 rings (SSSR count). The van der Waals surface area contributed by atoms with Crippen molar-refractivity contribution in [3.8, 4) is 0 Å². The van der Waals surface area contributed by atoms with E-state index in [1.54, 1.807) is 6.29 Å². The number of rotatable bonds is 3. The second-order valence-corrected chi connectivity index (χ2v) is 3.41. The zero-order valence-corrected chi connectivity index (χ0v) is 7.21. The highest BCUT2D eigenvalue weighted by Gasteiger charge is 2.02. The molecule has 0 bridgehead atoms. The van der Waals surface area contributed by atoms with Gasteiger partial charge in [0.1, 0.15) is 0 Å². The van der Waals surface area contributed by atoms with Gasteiger partial charge in [-0.25, -0.2) is 0 Å². The lowest BCUT2D eigenvalue weighted by Crippen LogP contribution is -2.10. The Labute approximate surface area is 75.3 Å². The van der Waals surface area contributed by atoms with Gasteiger partial charge < -0.3 is 0 Å². The summed E-state index contributed by atoms with van der Waals surface area (Å²) < 4.78 is 30.9. The van der Waals surface area contributed by atoms with Crippen LogP contribution < -0.4 is 4.72 Å². The van der Waals surface area contributed by atoms with Crippen molar-refractivity contribution in [3.63, 3.8) is 0 Å². The van der Waals surface area contributed by atoms with E-state index in [1.807, 2.05) is 4.72 Å². The Balaban J connectivity index is 2.87. The van der Waals surface area contributed by atoms with Gasteiger partial charge in [0, 0.05) is 5.56 Å². The molecule has 0 heterocycles. The van der Waals surface area contributed by atoms with Gasteiger partial charge in [-0.1, -0.05) is 0 Å². The van der Waals surface area contributed by atoms with E-state index in [9.17, 15) is 13.2 Å². The topological polar surface area (TPSA) is 83.5 Å². The summed E-state index contributed by atoms with van der Waals surface area (Å²) in [5, 5.41) is 0. The number of hydrogen-bond acceptors (Lipinski definition) is 3. The van der Waals surface area contributed by atoms with Crippen LogP contribution in [0.1, 0.15) is 5.56 Å². The van der Waals surface area contributed by atoms with Gasteiger partial charge in [0.15, 0.2) is 0 Å². The minimum atomic E-state index is -4.25. The summed E-state index contributed by atoms with van der Waals surface area (Å²) in [6.07, 6.45) is 1.63. The number of anilines is 1. The predicted octanol–water partition coefficient (Wildman–Crippen LogP) is 0.359. The average Bonchev–Trinajstić information content (AvgIpc) is 2.03. The maximum Gasteiger partial charge on any atom is 0.357 e.